The van der Waals surface area contributed by atoms with E-state index in [4.69, 9.17) is 28.1 Å². The van der Waals surface area contributed by atoms with E-state index in [0.29, 0.717) is 18.1 Å². The summed E-state index contributed by atoms with van der Waals surface area (Å²) < 4.78 is 40.4. The van der Waals surface area contributed by atoms with Crippen molar-refractivity contribution in [3.05, 3.63) is 119 Å². The van der Waals surface area contributed by atoms with Crippen LogP contribution in [-0.2, 0) is 30.8 Å². The van der Waals surface area contributed by atoms with Crippen LogP contribution in [0.1, 0.15) is 43.7 Å². The third-order valence-corrected chi connectivity index (χ3v) is 17.9. The summed E-state index contributed by atoms with van der Waals surface area (Å²) in [5.41, 5.74) is 1.35. The van der Waals surface area contributed by atoms with E-state index < -0.39 is 58.2 Å². The largest absolute Gasteiger partial charge is 0.497 e. The fourth-order valence-corrected chi connectivity index (χ4v) is 9.14. The second-order valence-corrected chi connectivity index (χ2v) is 28.5. The number of hydrogen-bond donors (Lipinski definition) is 2. The maximum atomic E-state index is 13.7. The molecule has 0 aliphatic carbocycles. The van der Waals surface area contributed by atoms with E-state index in [-0.39, 0.29) is 35.9 Å². The summed E-state index contributed by atoms with van der Waals surface area (Å²) in [4.78, 5) is 35.0. The fraction of sp³-hybridized carbons (Fsp3) is 0.467. The molecule has 1 fully saturated rings. The molecular formula is C45H61N5O9Si2. The number of rotatable bonds is 17. The van der Waals surface area contributed by atoms with Gasteiger partial charge in [-0.05, 0) is 65.1 Å². The minimum atomic E-state index is -2.52. The Kier molecular flexibility index (Phi) is 14.0. The highest BCUT2D eigenvalue weighted by Gasteiger charge is 2.52. The van der Waals surface area contributed by atoms with E-state index in [0.717, 1.165) is 22.7 Å². The summed E-state index contributed by atoms with van der Waals surface area (Å²) in [5.74, 6) is 1.40. The molecule has 14 nitrogen and oxygen atoms in total. The second-order valence-electron chi connectivity index (χ2n) is 18.2. The number of hydrogen-bond acceptors (Lipinski definition) is 11. The zero-order chi connectivity index (χ0) is 44.2. The monoisotopic (exact) mass is 871 g/mol. The van der Waals surface area contributed by atoms with Crippen molar-refractivity contribution in [3.63, 3.8) is 0 Å². The van der Waals surface area contributed by atoms with Crippen molar-refractivity contribution < 1.29 is 38.0 Å². The minimum absolute atomic E-state index is 0.000242. The van der Waals surface area contributed by atoms with Gasteiger partial charge in [0.15, 0.2) is 25.7 Å². The van der Waals surface area contributed by atoms with E-state index in [9.17, 15) is 14.7 Å². The highest BCUT2D eigenvalue weighted by atomic mass is 28.4. The van der Waals surface area contributed by atoms with Gasteiger partial charge in [0, 0.05) is 21.2 Å². The molecular weight excluding hydrogens is 811 g/mol. The average molecular weight is 872 g/mol. The van der Waals surface area contributed by atoms with Gasteiger partial charge in [-0.1, -0.05) is 95.0 Å². The fourth-order valence-electron chi connectivity index (χ4n) is 7.10. The first-order valence-corrected chi connectivity index (χ1v) is 27.3. The van der Waals surface area contributed by atoms with Gasteiger partial charge in [0.05, 0.1) is 33.8 Å². The molecule has 61 heavy (non-hydrogen) atoms. The number of amides is 1. The van der Waals surface area contributed by atoms with Gasteiger partial charge >= 0.3 is 6.09 Å². The SMILES string of the molecule is COc1ccc(C(OC[C@H]2O[C@@H](n3cnc4c(=O)n(CCNC(=O)OCC[Si](C)(C)C)cnc43)[C@H](O)[C@@H]2O[Si](C)(C)C(C)(C)C)(c2ccccc2)c2ccc(OC)cc2)cc1. The van der Waals surface area contributed by atoms with Crippen molar-refractivity contribution >= 4 is 33.6 Å². The van der Waals surface area contributed by atoms with Crippen molar-refractivity contribution in [3.8, 4) is 11.5 Å². The number of imidazole rings is 1. The van der Waals surface area contributed by atoms with E-state index in [1.165, 1.54) is 17.2 Å². The van der Waals surface area contributed by atoms with Gasteiger partial charge in [0.2, 0.25) is 0 Å². The van der Waals surface area contributed by atoms with Crippen LogP contribution in [0.4, 0.5) is 4.79 Å². The number of carbonyl (C=O) groups excluding carboxylic acids is 1. The Labute approximate surface area is 360 Å². The van der Waals surface area contributed by atoms with Crippen LogP contribution in [0.25, 0.3) is 11.2 Å². The van der Waals surface area contributed by atoms with Crippen molar-refractivity contribution in [2.24, 2.45) is 0 Å². The molecule has 1 saturated heterocycles. The zero-order valence-corrected chi connectivity index (χ0v) is 39.0. The normalized spacial score (nSPS) is 18.6. The van der Waals surface area contributed by atoms with Gasteiger partial charge in [-0.25, -0.2) is 14.8 Å². The molecule has 4 atom stereocenters. The molecule has 0 spiro atoms. The van der Waals surface area contributed by atoms with Crippen molar-refractivity contribution in [2.75, 3.05) is 34.0 Å². The van der Waals surface area contributed by atoms with Crippen LogP contribution >= 0.6 is 0 Å². The Balaban J connectivity index is 1.33. The topological polar surface area (TPSA) is 157 Å². The lowest BCUT2D eigenvalue weighted by Crippen LogP contribution is -2.50. The van der Waals surface area contributed by atoms with Crippen molar-refractivity contribution in [1.29, 1.82) is 0 Å². The first kappa shape index (κ1) is 45.7. The van der Waals surface area contributed by atoms with Crippen LogP contribution < -0.4 is 20.3 Å². The Morgan fingerprint density at radius 1 is 0.852 bits per heavy atom. The quantitative estimate of drug-likeness (QED) is 0.0713. The lowest BCUT2D eigenvalue weighted by atomic mass is 9.80. The Morgan fingerprint density at radius 3 is 2.00 bits per heavy atom. The summed E-state index contributed by atoms with van der Waals surface area (Å²) in [6.45, 7) is 18.0. The first-order valence-electron chi connectivity index (χ1n) is 20.7. The van der Waals surface area contributed by atoms with Crippen LogP contribution in [0.2, 0.25) is 43.8 Å². The number of benzene rings is 3. The molecule has 1 aliphatic rings. The van der Waals surface area contributed by atoms with Crippen LogP contribution in [0.5, 0.6) is 11.5 Å². The molecule has 0 bridgehead atoms. The molecule has 1 aliphatic heterocycles. The molecule has 1 amide bonds. The minimum Gasteiger partial charge on any atom is -0.497 e. The molecule has 5 aromatic rings. The molecule has 3 heterocycles. The number of fused-ring (bicyclic) bond motifs is 1. The number of ether oxygens (including phenoxy) is 5. The molecule has 0 radical (unpaired) electrons. The van der Waals surface area contributed by atoms with Crippen LogP contribution in [0, 0.1) is 0 Å². The Hall–Kier alpha value is -4.85. The molecule has 328 valence electrons. The third-order valence-electron chi connectivity index (χ3n) is 11.7. The predicted molar refractivity (Wildman–Crippen MR) is 240 cm³/mol. The molecule has 6 rings (SSSR count). The van der Waals surface area contributed by atoms with Gasteiger partial charge in [0.25, 0.3) is 5.56 Å². The maximum absolute atomic E-state index is 13.7. The smallest absolute Gasteiger partial charge is 0.407 e. The predicted octanol–water partition coefficient (Wildman–Crippen LogP) is 7.33. The summed E-state index contributed by atoms with van der Waals surface area (Å²) in [5, 5.41) is 14.8. The van der Waals surface area contributed by atoms with Crippen molar-refractivity contribution in [2.45, 2.75) is 101 Å². The second kappa shape index (κ2) is 18.6. The van der Waals surface area contributed by atoms with Crippen LogP contribution in [0.15, 0.2) is 96.3 Å². The Bertz CT molecular complexity index is 2240. The molecule has 3 aromatic carbocycles. The standard InChI is InChI=1S/C45H61N5O9Si2/c1-44(2,3)61(9,10)59-39-36(28-57-45(31-14-12-11-13-15-31,32-16-20-34(54-4)21-17-32)33-18-22-35(55-5)23-19-33)58-42(38(39)51)50-30-47-37-40(50)48-29-49(41(37)52)25-24-46-43(53)56-26-27-60(6,7)8/h11-23,29-30,36,38-39,42,51H,24-28H2,1-10H3,(H,46,53)/t36-,38-,39-,42-/m1/s1. The number of alkyl carbamates (subject to hydrolysis) is 1. The number of carbonyl (C=O) groups is 1. The van der Waals surface area contributed by atoms with Gasteiger partial charge in [-0.2, -0.15) is 0 Å². The zero-order valence-electron chi connectivity index (χ0n) is 37.0. The summed E-state index contributed by atoms with van der Waals surface area (Å²) in [6, 6.07) is 26.4. The Morgan fingerprint density at radius 2 is 1.44 bits per heavy atom. The van der Waals surface area contributed by atoms with Crippen LogP contribution in [-0.4, -0.2) is 99.0 Å². The molecule has 0 unspecified atom stereocenters. The van der Waals surface area contributed by atoms with Crippen molar-refractivity contribution in [1.82, 2.24) is 24.4 Å². The first-order chi connectivity index (χ1) is 28.9. The molecule has 16 heteroatoms. The highest BCUT2D eigenvalue weighted by Crippen LogP contribution is 2.45. The summed E-state index contributed by atoms with van der Waals surface area (Å²) in [6.07, 6.45) is -1.46. The average Bonchev–Trinajstić information content (AvgIpc) is 3.79. The number of nitrogens with zero attached hydrogens (tertiary/aromatic N) is 4. The summed E-state index contributed by atoms with van der Waals surface area (Å²) >= 11 is 0. The van der Waals surface area contributed by atoms with E-state index in [1.54, 1.807) is 18.8 Å². The number of aliphatic hydroxyl groups excluding tert-OH is 1. The lowest BCUT2D eigenvalue weighted by Gasteiger charge is -2.41. The lowest BCUT2D eigenvalue weighted by molar-refractivity contribution is -0.0930. The van der Waals surface area contributed by atoms with E-state index in [1.807, 2.05) is 78.9 Å². The van der Waals surface area contributed by atoms with Gasteiger partial charge in [-0.3, -0.25) is 13.9 Å². The molecule has 0 saturated carbocycles. The van der Waals surface area contributed by atoms with Gasteiger partial charge in [0.1, 0.15) is 41.7 Å². The molecule has 2 N–H and O–H groups in total. The number of aliphatic hydroxyl groups is 1. The van der Waals surface area contributed by atoms with Gasteiger partial charge in [-0.15, -0.1) is 0 Å². The maximum Gasteiger partial charge on any atom is 0.407 e. The third kappa shape index (κ3) is 10.1. The number of nitrogens with one attached hydrogen (secondary N) is 1. The van der Waals surface area contributed by atoms with E-state index >= 15 is 0 Å². The summed E-state index contributed by atoms with van der Waals surface area (Å²) in [7, 11) is -0.605. The molecule has 2 aromatic heterocycles. The number of methoxy groups -OCH3 is 2. The van der Waals surface area contributed by atoms with Crippen LogP contribution in [0.3, 0.4) is 0 Å². The number of aromatic nitrogens is 4. The van der Waals surface area contributed by atoms with Gasteiger partial charge < -0.3 is 38.5 Å². The highest BCUT2D eigenvalue weighted by molar-refractivity contribution is 6.76. The van der Waals surface area contributed by atoms with E-state index in [2.05, 4.69) is 68.8 Å².